The fraction of sp³-hybridized carbons (Fsp3) is 0.375. The van der Waals surface area contributed by atoms with Crippen molar-refractivity contribution >= 4 is 16.8 Å². The maximum atomic E-state index is 12.2. The van der Waals surface area contributed by atoms with Crippen molar-refractivity contribution < 1.29 is 4.79 Å². The topological polar surface area (TPSA) is 77.2 Å². The van der Waals surface area contributed by atoms with Crippen LogP contribution in [0, 0.1) is 0 Å². The Balaban J connectivity index is 1.64. The molecule has 6 nitrogen and oxygen atoms in total. The summed E-state index contributed by atoms with van der Waals surface area (Å²) in [6.45, 7) is 5.31. The number of carbonyl (C=O) groups excluding carboxylic acids is 1. The third kappa shape index (κ3) is 3.35. The molecule has 22 heavy (non-hydrogen) atoms. The number of hydrogen-bond donors (Lipinski definition) is 3. The Morgan fingerprint density at radius 1 is 1.23 bits per heavy atom. The lowest BCUT2D eigenvalue weighted by Gasteiger charge is -2.27. The van der Waals surface area contributed by atoms with Gasteiger partial charge in [-0.3, -0.25) is 14.5 Å². The number of nitrogens with one attached hydrogen (secondary N) is 3. The molecule has 1 aromatic carbocycles. The van der Waals surface area contributed by atoms with Crippen molar-refractivity contribution in [1.82, 2.24) is 20.5 Å². The third-order valence-corrected chi connectivity index (χ3v) is 3.92. The first-order valence-corrected chi connectivity index (χ1v) is 7.57. The zero-order valence-corrected chi connectivity index (χ0v) is 12.4. The summed E-state index contributed by atoms with van der Waals surface area (Å²) in [6, 6.07) is 9.08. The molecule has 1 aliphatic heterocycles. The molecular formula is C16H20N4O2. The number of hydrogen-bond acceptors (Lipinski definition) is 4. The number of H-pyrrole nitrogens is 1. The van der Waals surface area contributed by atoms with Gasteiger partial charge in [0.05, 0.1) is 0 Å². The highest BCUT2D eigenvalue weighted by Gasteiger charge is 2.13. The van der Waals surface area contributed by atoms with Gasteiger partial charge in [0.2, 0.25) is 0 Å². The lowest BCUT2D eigenvalue weighted by Crippen LogP contribution is -2.46. The second-order valence-electron chi connectivity index (χ2n) is 5.45. The van der Waals surface area contributed by atoms with E-state index in [1.165, 1.54) is 0 Å². The highest BCUT2D eigenvalue weighted by atomic mass is 16.2. The molecule has 0 aliphatic carbocycles. The summed E-state index contributed by atoms with van der Waals surface area (Å²) in [7, 11) is 0. The largest absolute Gasteiger partial charge is 0.351 e. The molecule has 3 N–H and O–H groups in total. The van der Waals surface area contributed by atoms with Crippen LogP contribution in [0.15, 0.2) is 35.1 Å². The molecule has 6 heteroatoms. The van der Waals surface area contributed by atoms with Crippen LogP contribution in [0.2, 0.25) is 0 Å². The monoisotopic (exact) mass is 300 g/mol. The maximum absolute atomic E-state index is 12.2. The van der Waals surface area contributed by atoms with Crippen LogP contribution in [0.4, 0.5) is 0 Å². The summed E-state index contributed by atoms with van der Waals surface area (Å²) in [5.74, 6) is -0.317. The van der Waals surface area contributed by atoms with Crippen molar-refractivity contribution in [3.8, 4) is 0 Å². The molecule has 0 saturated carbocycles. The number of para-hydroxylation sites is 1. The van der Waals surface area contributed by atoms with Gasteiger partial charge < -0.3 is 15.6 Å². The first-order chi connectivity index (χ1) is 10.7. The van der Waals surface area contributed by atoms with Crippen molar-refractivity contribution in [3.05, 3.63) is 46.2 Å². The number of benzene rings is 1. The normalized spacial score (nSPS) is 15.8. The van der Waals surface area contributed by atoms with E-state index in [9.17, 15) is 9.59 Å². The number of rotatable bonds is 4. The molecule has 0 unspecified atom stereocenters. The SMILES string of the molecule is O=C(NCCN1CCNCC1)c1cc2ccccc2[nH]c1=O. The first-order valence-electron chi connectivity index (χ1n) is 7.57. The molecule has 3 rings (SSSR count). The van der Waals surface area contributed by atoms with Crippen molar-refractivity contribution in [3.63, 3.8) is 0 Å². The molecular weight excluding hydrogens is 280 g/mol. The summed E-state index contributed by atoms with van der Waals surface area (Å²) in [4.78, 5) is 29.2. The standard InChI is InChI=1S/C16H20N4O2/c21-15(18-7-10-20-8-5-17-6-9-20)13-11-12-3-1-2-4-14(12)19-16(13)22/h1-4,11,17H,5-10H2,(H,18,21)(H,19,22). The Hall–Kier alpha value is -2.18. The van der Waals surface area contributed by atoms with E-state index in [0.717, 1.165) is 43.6 Å². The van der Waals surface area contributed by atoms with Crippen LogP contribution in [-0.2, 0) is 0 Å². The van der Waals surface area contributed by atoms with Crippen LogP contribution < -0.4 is 16.2 Å². The minimum absolute atomic E-state index is 0.166. The van der Waals surface area contributed by atoms with Gasteiger partial charge in [0.25, 0.3) is 11.5 Å². The average molecular weight is 300 g/mol. The molecule has 2 aromatic rings. The van der Waals surface area contributed by atoms with Crippen molar-refractivity contribution in [2.24, 2.45) is 0 Å². The summed E-state index contributed by atoms with van der Waals surface area (Å²) >= 11 is 0. The number of aromatic amines is 1. The van der Waals surface area contributed by atoms with E-state index in [1.807, 2.05) is 24.3 Å². The van der Waals surface area contributed by atoms with Gasteiger partial charge in [-0.25, -0.2) is 0 Å². The van der Waals surface area contributed by atoms with Gasteiger partial charge in [0, 0.05) is 44.8 Å². The molecule has 1 amide bonds. The van der Waals surface area contributed by atoms with Gasteiger partial charge in [0.1, 0.15) is 5.56 Å². The minimum Gasteiger partial charge on any atom is -0.351 e. The number of pyridine rings is 1. The maximum Gasteiger partial charge on any atom is 0.261 e. The highest BCUT2D eigenvalue weighted by Crippen LogP contribution is 2.09. The first kappa shape index (κ1) is 14.7. The number of fused-ring (bicyclic) bond motifs is 1. The van der Waals surface area contributed by atoms with Gasteiger partial charge in [-0.15, -0.1) is 0 Å². The van der Waals surface area contributed by atoms with E-state index in [-0.39, 0.29) is 17.0 Å². The minimum atomic E-state index is -0.349. The van der Waals surface area contributed by atoms with E-state index >= 15 is 0 Å². The van der Waals surface area contributed by atoms with Gasteiger partial charge in [-0.2, -0.15) is 0 Å². The zero-order chi connectivity index (χ0) is 15.4. The van der Waals surface area contributed by atoms with E-state index in [1.54, 1.807) is 6.07 Å². The fourth-order valence-electron chi connectivity index (χ4n) is 2.67. The van der Waals surface area contributed by atoms with Crippen LogP contribution in [-0.4, -0.2) is 55.1 Å². The molecule has 0 atom stereocenters. The van der Waals surface area contributed by atoms with Crippen molar-refractivity contribution in [2.45, 2.75) is 0 Å². The molecule has 1 aromatic heterocycles. The summed E-state index contributed by atoms with van der Waals surface area (Å²) in [5, 5.41) is 6.98. The lowest BCUT2D eigenvalue weighted by atomic mass is 10.1. The van der Waals surface area contributed by atoms with Crippen molar-refractivity contribution in [2.75, 3.05) is 39.3 Å². The quantitative estimate of drug-likeness (QED) is 0.752. The van der Waals surface area contributed by atoms with Crippen LogP contribution in [0.1, 0.15) is 10.4 Å². The Morgan fingerprint density at radius 2 is 2.00 bits per heavy atom. The smallest absolute Gasteiger partial charge is 0.261 e. The highest BCUT2D eigenvalue weighted by molar-refractivity contribution is 5.97. The molecule has 1 saturated heterocycles. The zero-order valence-electron chi connectivity index (χ0n) is 12.4. The van der Waals surface area contributed by atoms with Crippen molar-refractivity contribution in [1.29, 1.82) is 0 Å². The molecule has 0 spiro atoms. The van der Waals surface area contributed by atoms with Crippen LogP contribution in [0.25, 0.3) is 10.9 Å². The van der Waals surface area contributed by atoms with Gasteiger partial charge >= 0.3 is 0 Å². The Kier molecular flexibility index (Phi) is 4.50. The molecule has 0 radical (unpaired) electrons. The summed E-state index contributed by atoms with van der Waals surface area (Å²) < 4.78 is 0. The number of carbonyl (C=O) groups is 1. The molecule has 1 fully saturated rings. The van der Waals surface area contributed by atoms with Crippen LogP contribution >= 0.6 is 0 Å². The second-order valence-corrected chi connectivity index (χ2v) is 5.45. The average Bonchev–Trinajstić information content (AvgIpc) is 2.55. The van der Waals surface area contributed by atoms with Gasteiger partial charge in [-0.05, 0) is 17.5 Å². The molecule has 2 heterocycles. The van der Waals surface area contributed by atoms with E-state index in [0.29, 0.717) is 6.54 Å². The fourth-order valence-corrected chi connectivity index (χ4v) is 2.67. The van der Waals surface area contributed by atoms with Crippen LogP contribution in [0.5, 0.6) is 0 Å². The van der Waals surface area contributed by atoms with Crippen LogP contribution in [0.3, 0.4) is 0 Å². The predicted octanol–water partition coefficient (Wildman–Crippen LogP) is 0.163. The Morgan fingerprint density at radius 3 is 2.82 bits per heavy atom. The molecule has 116 valence electrons. The number of piperazine rings is 1. The van der Waals surface area contributed by atoms with E-state index in [2.05, 4.69) is 20.5 Å². The predicted molar refractivity (Wildman–Crippen MR) is 86.2 cm³/mol. The Bertz CT molecular complexity index is 719. The Labute approximate surface area is 128 Å². The summed E-state index contributed by atoms with van der Waals surface area (Å²) in [6.07, 6.45) is 0. The molecule has 0 bridgehead atoms. The van der Waals surface area contributed by atoms with Gasteiger partial charge in [0.15, 0.2) is 0 Å². The molecule has 1 aliphatic rings. The van der Waals surface area contributed by atoms with Gasteiger partial charge in [-0.1, -0.05) is 18.2 Å². The lowest BCUT2D eigenvalue weighted by molar-refractivity contribution is 0.0946. The number of aromatic nitrogens is 1. The summed E-state index contributed by atoms with van der Waals surface area (Å²) in [5.41, 5.74) is 0.558. The van der Waals surface area contributed by atoms with E-state index in [4.69, 9.17) is 0 Å². The number of amides is 1. The second kappa shape index (κ2) is 6.72. The third-order valence-electron chi connectivity index (χ3n) is 3.92. The number of nitrogens with zero attached hydrogens (tertiary/aromatic N) is 1. The van der Waals surface area contributed by atoms with E-state index < -0.39 is 0 Å².